The van der Waals surface area contributed by atoms with Crippen molar-refractivity contribution >= 4 is 28.6 Å². The van der Waals surface area contributed by atoms with E-state index in [0.717, 1.165) is 45.7 Å². The van der Waals surface area contributed by atoms with Crippen LogP contribution < -0.4 is 10.1 Å². The molecule has 0 spiro atoms. The lowest BCUT2D eigenvalue weighted by Crippen LogP contribution is -2.17. The molecule has 2 heterocycles. The maximum Gasteiger partial charge on any atom is 0.142 e. The molecule has 3 aromatic rings. The van der Waals surface area contributed by atoms with E-state index >= 15 is 0 Å². The molecule has 0 amide bonds. The average molecular weight is 357 g/mol. The van der Waals surface area contributed by atoms with E-state index < -0.39 is 0 Å². The first kappa shape index (κ1) is 15.5. The molecule has 1 aliphatic rings. The number of nitrogens with zero attached hydrogens (tertiary/aromatic N) is 1. The molecule has 0 bridgehead atoms. The van der Waals surface area contributed by atoms with Gasteiger partial charge in [0, 0.05) is 28.4 Å². The molecule has 0 unspecified atom stereocenters. The minimum Gasteiger partial charge on any atom is -0.490 e. The third-order valence-corrected chi connectivity index (χ3v) is 5.26. The highest BCUT2D eigenvalue weighted by Crippen LogP contribution is 2.35. The second kappa shape index (κ2) is 6.46. The summed E-state index contributed by atoms with van der Waals surface area (Å²) < 4.78 is 5.65. The molecular formula is C19H17ClN2OS. The molecule has 1 aliphatic heterocycles. The van der Waals surface area contributed by atoms with Gasteiger partial charge in [0.1, 0.15) is 12.4 Å². The third kappa shape index (κ3) is 3.12. The lowest BCUT2D eigenvalue weighted by Gasteiger charge is -2.19. The Hall–Kier alpha value is -2.04. The minimum atomic E-state index is 0.716. The maximum atomic E-state index is 5.95. The Morgan fingerprint density at radius 1 is 1.21 bits per heavy atom. The second-order valence-electron chi connectivity index (χ2n) is 5.80. The first-order valence-electron chi connectivity index (χ1n) is 7.91. The summed E-state index contributed by atoms with van der Waals surface area (Å²) in [4.78, 5) is 6.10. The number of aromatic nitrogens is 1. The summed E-state index contributed by atoms with van der Waals surface area (Å²) in [6, 6.07) is 14.2. The quantitative estimate of drug-likeness (QED) is 0.703. The van der Waals surface area contributed by atoms with Gasteiger partial charge in [0.15, 0.2) is 0 Å². The van der Waals surface area contributed by atoms with Crippen LogP contribution in [0.5, 0.6) is 5.75 Å². The molecular weight excluding hydrogens is 340 g/mol. The Morgan fingerprint density at radius 3 is 2.88 bits per heavy atom. The number of ether oxygens (including phenoxy) is 1. The molecule has 4 rings (SSSR count). The number of halogens is 1. The SMILES string of the molecule is Cc1sc(Cc2ccc(Cl)cc2)nc1-c1ccc2c(c1)NCCO2. The van der Waals surface area contributed by atoms with Crippen LogP contribution >= 0.6 is 22.9 Å². The number of thiazole rings is 1. The Bertz CT molecular complexity index is 874. The van der Waals surface area contributed by atoms with Crippen molar-refractivity contribution in [3.8, 4) is 17.0 Å². The molecule has 2 aromatic carbocycles. The van der Waals surface area contributed by atoms with Gasteiger partial charge in [0.25, 0.3) is 0 Å². The van der Waals surface area contributed by atoms with Gasteiger partial charge >= 0.3 is 0 Å². The predicted octanol–water partition coefficient (Wildman–Crippen LogP) is 5.17. The lowest BCUT2D eigenvalue weighted by molar-refractivity contribution is 0.323. The Morgan fingerprint density at radius 2 is 2.04 bits per heavy atom. The number of aryl methyl sites for hydroxylation is 1. The van der Waals surface area contributed by atoms with Crippen molar-refractivity contribution in [1.29, 1.82) is 0 Å². The Balaban J connectivity index is 1.62. The van der Waals surface area contributed by atoms with Gasteiger partial charge in [-0.1, -0.05) is 23.7 Å². The van der Waals surface area contributed by atoms with Crippen LogP contribution in [-0.4, -0.2) is 18.1 Å². The molecule has 5 heteroatoms. The number of nitrogens with one attached hydrogen (secondary N) is 1. The molecule has 24 heavy (non-hydrogen) atoms. The molecule has 0 aliphatic carbocycles. The fourth-order valence-corrected chi connectivity index (χ4v) is 3.97. The number of benzene rings is 2. The second-order valence-corrected chi connectivity index (χ2v) is 7.53. The maximum absolute atomic E-state index is 5.95. The largest absolute Gasteiger partial charge is 0.490 e. The van der Waals surface area contributed by atoms with Gasteiger partial charge in [-0.15, -0.1) is 11.3 Å². The minimum absolute atomic E-state index is 0.716. The zero-order chi connectivity index (χ0) is 16.5. The van der Waals surface area contributed by atoms with Crippen LogP contribution in [-0.2, 0) is 6.42 Å². The van der Waals surface area contributed by atoms with Gasteiger partial charge in [0.2, 0.25) is 0 Å². The molecule has 0 saturated carbocycles. The summed E-state index contributed by atoms with van der Waals surface area (Å²) in [6.45, 7) is 3.68. The van der Waals surface area contributed by atoms with Crippen molar-refractivity contribution < 1.29 is 4.74 Å². The van der Waals surface area contributed by atoms with Crippen LogP contribution in [0.25, 0.3) is 11.3 Å². The Kier molecular flexibility index (Phi) is 4.17. The summed E-state index contributed by atoms with van der Waals surface area (Å²) in [7, 11) is 0. The number of hydrogen-bond donors (Lipinski definition) is 1. The van der Waals surface area contributed by atoms with Gasteiger partial charge in [-0.3, -0.25) is 0 Å². The normalized spacial score (nSPS) is 13.1. The molecule has 1 N–H and O–H groups in total. The van der Waals surface area contributed by atoms with E-state index in [1.54, 1.807) is 11.3 Å². The van der Waals surface area contributed by atoms with Crippen LogP contribution in [0.4, 0.5) is 5.69 Å². The summed E-state index contributed by atoms with van der Waals surface area (Å²) >= 11 is 7.70. The third-order valence-electron chi connectivity index (χ3n) is 4.04. The van der Waals surface area contributed by atoms with Crippen molar-refractivity contribution in [2.45, 2.75) is 13.3 Å². The number of fused-ring (bicyclic) bond motifs is 1. The summed E-state index contributed by atoms with van der Waals surface area (Å²) in [5.74, 6) is 0.916. The average Bonchev–Trinajstić information content (AvgIpc) is 2.97. The highest BCUT2D eigenvalue weighted by molar-refractivity contribution is 7.12. The smallest absolute Gasteiger partial charge is 0.142 e. The van der Waals surface area contributed by atoms with Crippen molar-refractivity contribution in [2.75, 3.05) is 18.5 Å². The van der Waals surface area contributed by atoms with Crippen molar-refractivity contribution in [2.24, 2.45) is 0 Å². The molecule has 0 atom stereocenters. The van der Waals surface area contributed by atoms with E-state index in [-0.39, 0.29) is 0 Å². The monoisotopic (exact) mass is 356 g/mol. The molecule has 0 saturated heterocycles. The summed E-state index contributed by atoms with van der Waals surface area (Å²) in [5.41, 5.74) is 4.45. The first-order chi connectivity index (χ1) is 11.7. The van der Waals surface area contributed by atoms with E-state index in [0.29, 0.717) is 6.61 Å². The van der Waals surface area contributed by atoms with Gasteiger partial charge < -0.3 is 10.1 Å². The number of hydrogen-bond acceptors (Lipinski definition) is 4. The summed E-state index contributed by atoms with van der Waals surface area (Å²) in [5, 5.41) is 5.26. The van der Waals surface area contributed by atoms with Crippen LogP contribution in [0, 0.1) is 6.92 Å². The van der Waals surface area contributed by atoms with Gasteiger partial charge in [0.05, 0.1) is 16.4 Å². The highest BCUT2D eigenvalue weighted by atomic mass is 35.5. The van der Waals surface area contributed by atoms with Gasteiger partial charge in [-0.05, 0) is 42.8 Å². The Labute approximate surface area is 150 Å². The predicted molar refractivity (Wildman–Crippen MR) is 101 cm³/mol. The molecule has 3 nitrogen and oxygen atoms in total. The summed E-state index contributed by atoms with van der Waals surface area (Å²) in [6.07, 6.45) is 0.828. The fraction of sp³-hybridized carbons (Fsp3) is 0.211. The van der Waals surface area contributed by atoms with E-state index in [4.69, 9.17) is 21.3 Å². The van der Waals surface area contributed by atoms with Crippen LogP contribution in [0.3, 0.4) is 0 Å². The van der Waals surface area contributed by atoms with E-state index in [1.807, 2.05) is 18.2 Å². The van der Waals surface area contributed by atoms with E-state index in [1.165, 1.54) is 10.4 Å². The van der Waals surface area contributed by atoms with Crippen molar-refractivity contribution in [3.63, 3.8) is 0 Å². The zero-order valence-corrected chi connectivity index (χ0v) is 14.9. The zero-order valence-electron chi connectivity index (χ0n) is 13.3. The topological polar surface area (TPSA) is 34.2 Å². The van der Waals surface area contributed by atoms with Crippen molar-refractivity contribution in [1.82, 2.24) is 4.98 Å². The van der Waals surface area contributed by atoms with Crippen LogP contribution in [0.15, 0.2) is 42.5 Å². The number of anilines is 1. The highest BCUT2D eigenvalue weighted by Gasteiger charge is 2.14. The van der Waals surface area contributed by atoms with E-state index in [2.05, 4.69) is 36.5 Å². The fourth-order valence-electron chi connectivity index (χ4n) is 2.86. The van der Waals surface area contributed by atoms with Crippen LogP contribution in [0.2, 0.25) is 5.02 Å². The van der Waals surface area contributed by atoms with Gasteiger partial charge in [-0.2, -0.15) is 0 Å². The lowest BCUT2D eigenvalue weighted by atomic mass is 10.1. The van der Waals surface area contributed by atoms with Crippen molar-refractivity contribution in [3.05, 3.63) is 62.9 Å². The molecule has 122 valence electrons. The molecule has 0 fully saturated rings. The first-order valence-corrected chi connectivity index (χ1v) is 9.10. The van der Waals surface area contributed by atoms with Gasteiger partial charge in [-0.25, -0.2) is 4.98 Å². The molecule has 1 aromatic heterocycles. The standard InChI is InChI=1S/C19H17ClN2OS/c1-12-19(14-4-7-17-16(11-14)21-8-9-23-17)22-18(24-12)10-13-2-5-15(20)6-3-13/h2-7,11,21H,8-10H2,1H3. The molecule has 0 radical (unpaired) electrons. The number of rotatable bonds is 3. The van der Waals surface area contributed by atoms with Crippen LogP contribution in [0.1, 0.15) is 15.4 Å². The van der Waals surface area contributed by atoms with E-state index in [9.17, 15) is 0 Å².